The average molecular weight is 423 g/mol. The Morgan fingerprint density at radius 2 is 1.87 bits per heavy atom. The SMILES string of the molecule is CC(Sc1nnc(-c2c[nH]c3ccccc23)o1)C(=O)NC12CC3CC(CC(C3)C1)C2. The Bertz CT molecular complexity index is 1070. The van der Waals surface area contributed by atoms with E-state index in [1.54, 1.807) is 0 Å². The van der Waals surface area contributed by atoms with Crippen LogP contribution in [0.15, 0.2) is 40.1 Å². The molecule has 0 radical (unpaired) electrons. The van der Waals surface area contributed by atoms with E-state index in [0.717, 1.165) is 53.5 Å². The highest BCUT2D eigenvalue weighted by molar-refractivity contribution is 8.00. The van der Waals surface area contributed by atoms with Crippen LogP contribution in [0.1, 0.15) is 45.4 Å². The monoisotopic (exact) mass is 422 g/mol. The van der Waals surface area contributed by atoms with Crippen LogP contribution in [0.3, 0.4) is 0 Å². The standard InChI is InChI=1S/C23H26N4O2S/c1-13(20(28)25-23-9-14-6-15(10-23)8-16(7-14)11-23)30-22-27-26-21(29-22)18-12-24-19-5-3-2-4-17(18)19/h2-5,12-16,24H,6-11H2,1H3,(H,25,28). The van der Waals surface area contributed by atoms with Crippen molar-refractivity contribution in [1.82, 2.24) is 20.5 Å². The quantitative estimate of drug-likeness (QED) is 0.578. The van der Waals surface area contributed by atoms with Gasteiger partial charge in [-0.2, -0.15) is 0 Å². The summed E-state index contributed by atoms with van der Waals surface area (Å²) < 4.78 is 5.89. The van der Waals surface area contributed by atoms with Gasteiger partial charge in [0.25, 0.3) is 11.1 Å². The molecule has 0 saturated heterocycles. The van der Waals surface area contributed by atoms with Crippen LogP contribution in [0.25, 0.3) is 22.4 Å². The normalized spacial score (nSPS) is 30.6. The number of hydrogen-bond acceptors (Lipinski definition) is 5. The summed E-state index contributed by atoms with van der Waals surface area (Å²) in [6.45, 7) is 1.93. The van der Waals surface area contributed by atoms with Crippen LogP contribution < -0.4 is 5.32 Å². The number of fused-ring (bicyclic) bond motifs is 1. The summed E-state index contributed by atoms with van der Waals surface area (Å²) >= 11 is 1.34. The summed E-state index contributed by atoms with van der Waals surface area (Å²) in [4.78, 5) is 16.2. The smallest absolute Gasteiger partial charge is 0.277 e. The number of aromatic nitrogens is 3. The van der Waals surface area contributed by atoms with Crippen LogP contribution in [0.5, 0.6) is 0 Å². The molecule has 4 saturated carbocycles. The highest BCUT2D eigenvalue weighted by Gasteiger charge is 2.51. The Labute approximate surface area is 179 Å². The van der Waals surface area contributed by atoms with Gasteiger partial charge in [0.2, 0.25) is 5.91 Å². The van der Waals surface area contributed by atoms with Crippen molar-refractivity contribution in [3.8, 4) is 11.5 Å². The molecule has 156 valence electrons. The van der Waals surface area contributed by atoms with E-state index in [2.05, 4.69) is 20.5 Å². The van der Waals surface area contributed by atoms with Gasteiger partial charge in [0.05, 0.1) is 10.8 Å². The Morgan fingerprint density at radius 3 is 2.60 bits per heavy atom. The zero-order valence-electron chi connectivity index (χ0n) is 17.1. The third-order valence-electron chi connectivity index (χ3n) is 7.30. The third-order valence-corrected chi connectivity index (χ3v) is 8.23. The van der Waals surface area contributed by atoms with Gasteiger partial charge in [-0.3, -0.25) is 4.79 Å². The number of rotatable bonds is 5. The maximum atomic E-state index is 13.0. The van der Waals surface area contributed by atoms with Gasteiger partial charge in [-0.25, -0.2) is 0 Å². The van der Waals surface area contributed by atoms with Gasteiger partial charge in [-0.15, -0.1) is 10.2 Å². The summed E-state index contributed by atoms with van der Waals surface area (Å²) in [5.41, 5.74) is 1.95. The second-order valence-corrected chi connectivity index (χ2v) is 10.9. The number of nitrogens with zero attached hydrogens (tertiary/aromatic N) is 2. The lowest BCUT2D eigenvalue weighted by molar-refractivity contribution is -0.126. The fraction of sp³-hybridized carbons (Fsp3) is 0.522. The van der Waals surface area contributed by atoms with Gasteiger partial charge < -0.3 is 14.7 Å². The fourth-order valence-corrected chi connectivity index (χ4v) is 7.13. The van der Waals surface area contributed by atoms with Crippen LogP contribution in [0, 0.1) is 17.8 Å². The molecule has 7 heteroatoms. The predicted molar refractivity (Wildman–Crippen MR) is 116 cm³/mol. The van der Waals surface area contributed by atoms with Crippen LogP contribution in [-0.2, 0) is 4.79 Å². The van der Waals surface area contributed by atoms with Crippen molar-refractivity contribution in [3.63, 3.8) is 0 Å². The largest absolute Gasteiger partial charge is 0.411 e. The first-order chi connectivity index (χ1) is 14.6. The lowest BCUT2D eigenvalue weighted by atomic mass is 9.53. The number of carbonyl (C=O) groups excluding carboxylic acids is 1. The first kappa shape index (κ1) is 18.5. The highest BCUT2D eigenvalue weighted by Crippen LogP contribution is 2.55. The maximum Gasteiger partial charge on any atom is 0.277 e. The Morgan fingerprint density at radius 1 is 1.17 bits per heavy atom. The zero-order valence-corrected chi connectivity index (χ0v) is 17.9. The predicted octanol–water partition coefficient (Wildman–Crippen LogP) is 4.78. The van der Waals surface area contributed by atoms with Crippen molar-refractivity contribution < 1.29 is 9.21 Å². The van der Waals surface area contributed by atoms with Crippen LogP contribution in [0.4, 0.5) is 0 Å². The van der Waals surface area contributed by atoms with Crippen molar-refractivity contribution >= 4 is 28.6 Å². The molecule has 3 aromatic rings. The van der Waals surface area contributed by atoms with E-state index < -0.39 is 0 Å². The van der Waals surface area contributed by atoms with E-state index in [-0.39, 0.29) is 16.7 Å². The Hall–Kier alpha value is -2.28. The fourth-order valence-electron chi connectivity index (χ4n) is 6.45. The van der Waals surface area contributed by atoms with E-state index in [4.69, 9.17) is 4.42 Å². The number of nitrogens with one attached hydrogen (secondary N) is 2. The summed E-state index contributed by atoms with van der Waals surface area (Å²) in [5, 5.41) is 13.1. The lowest BCUT2D eigenvalue weighted by Crippen LogP contribution is -2.60. The number of amides is 1. The number of carbonyl (C=O) groups is 1. The van der Waals surface area contributed by atoms with Crippen molar-refractivity contribution in [2.75, 3.05) is 0 Å². The van der Waals surface area contributed by atoms with Crippen molar-refractivity contribution in [1.29, 1.82) is 0 Å². The molecule has 2 aromatic heterocycles. The molecular formula is C23H26N4O2S. The molecule has 4 bridgehead atoms. The first-order valence-electron chi connectivity index (χ1n) is 11.0. The molecule has 1 atom stereocenters. The second kappa shape index (κ2) is 6.87. The summed E-state index contributed by atoms with van der Waals surface area (Å²) in [6.07, 6.45) is 9.48. The molecule has 7 rings (SSSR count). The highest BCUT2D eigenvalue weighted by atomic mass is 32.2. The average Bonchev–Trinajstić information content (AvgIpc) is 3.33. The number of aromatic amines is 1. The van der Waals surface area contributed by atoms with Crippen LogP contribution >= 0.6 is 11.8 Å². The molecule has 1 aromatic carbocycles. The number of thioether (sulfide) groups is 1. The van der Waals surface area contributed by atoms with Crippen LogP contribution in [-0.4, -0.2) is 31.9 Å². The molecule has 4 aliphatic rings. The Kier molecular flexibility index (Phi) is 4.23. The van der Waals surface area contributed by atoms with E-state index in [0.29, 0.717) is 11.1 Å². The van der Waals surface area contributed by atoms with Gasteiger partial charge in [0.15, 0.2) is 0 Å². The minimum Gasteiger partial charge on any atom is -0.411 e. The van der Waals surface area contributed by atoms with Gasteiger partial charge in [-0.05, 0) is 69.3 Å². The van der Waals surface area contributed by atoms with Crippen molar-refractivity contribution in [2.24, 2.45) is 17.8 Å². The number of hydrogen-bond donors (Lipinski definition) is 2. The molecule has 0 aliphatic heterocycles. The molecule has 2 N–H and O–H groups in total. The van der Waals surface area contributed by atoms with E-state index in [1.807, 2.05) is 37.4 Å². The molecule has 4 aliphatic carbocycles. The summed E-state index contributed by atoms with van der Waals surface area (Å²) in [6, 6.07) is 8.02. The van der Waals surface area contributed by atoms with Crippen molar-refractivity contribution in [3.05, 3.63) is 30.5 Å². The van der Waals surface area contributed by atoms with Gasteiger partial charge in [-0.1, -0.05) is 30.0 Å². The van der Waals surface area contributed by atoms with Gasteiger partial charge >= 0.3 is 0 Å². The first-order valence-corrected chi connectivity index (χ1v) is 11.8. The van der Waals surface area contributed by atoms with Crippen molar-refractivity contribution in [2.45, 2.75) is 61.5 Å². The number of benzene rings is 1. The maximum absolute atomic E-state index is 13.0. The number of H-pyrrole nitrogens is 1. The van der Waals surface area contributed by atoms with E-state index >= 15 is 0 Å². The summed E-state index contributed by atoms with van der Waals surface area (Å²) in [7, 11) is 0. The van der Waals surface area contributed by atoms with Crippen LogP contribution in [0.2, 0.25) is 0 Å². The van der Waals surface area contributed by atoms with E-state index in [1.165, 1.54) is 31.0 Å². The van der Waals surface area contributed by atoms with Gasteiger partial charge in [0.1, 0.15) is 0 Å². The number of para-hydroxylation sites is 1. The molecule has 4 fully saturated rings. The zero-order chi connectivity index (χ0) is 20.3. The summed E-state index contributed by atoms with van der Waals surface area (Å²) in [5.74, 6) is 3.01. The Balaban J connectivity index is 1.15. The molecule has 0 spiro atoms. The molecule has 2 heterocycles. The lowest BCUT2D eigenvalue weighted by Gasteiger charge is -2.57. The molecular weight excluding hydrogens is 396 g/mol. The second-order valence-electron chi connectivity index (χ2n) is 9.57. The van der Waals surface area contributed by atoms with Gasteiger partial charge in [0, 0.05) is 22.6 Å². The molecule has 6 nitrogen and oxygen atoms in total. The molecule has 1 unspecified atom stereocenters. The molecule has 30 heavy (non-hydrogen) atoms. The minimum atomic E-state index is -0.269. The third kappa shape index (κ3) is 3.14. The topological polar surface area (TPSA) is 83.8 Å². The molecule has 1 amide bonds. The van der Waals surface area contributed by atoms with E-state index in [9.17, 15) is 4.79 Å². The minimum absolute atomic E-state index is 0.0324.